The molecule has 2 atom stereocenters. The minimum Gasteiger partial charge on any atom is -0.381 e. The van der Waals surface area contributed by atoms with Gasteiger partial charge in [-0.2, -0.15) is 0 Å². The number of rotatable bonds is 4. The number of hydrogen-bond donors (Lipinski definition) is 0. The van der Waals surface area contributed by atoms with Gasteiger partial charge in [-0.1, -0.05) is 13.3 Å². The second-order valence-corrected chi connectivity index (χ2v) is 3.99. The summed E-state index contributed by atoms with van der Waals surface area (Å²) in [7, 11) is 1.77. The fraction of sp³-hybridized carbons (Fsp3) is 0.909. The maximum atomic E-state index is 11.2. The third-order valence-electron chi connectivity index (χ3n) is 2.98. The van der Waals surface area contributed by atoms with Gasteiger partial charge in [-0.25, -0.2) is 0 Å². The van der Waals surface area contributed by atoms with E-state index in [4.69, 9.17) is 4.74 Å². The number of carbonyl (C=O) groups excluding carboxylic acids is 1. The van der Waals surface area contributed by atoms with Crippen LogP contribution in [0.4, 0.5) is 0 Å². The molecule has 0 aromatic carbocycles. The van der Waals surface area contributed by atoms with Gasteiger partial charge in [0.15, 0.2) is 0 Å². The lowest BCUT2D eigenvalue weighted by Gasteiger charge is -2.27. The average Bonchev–Trinajstić information content (AvgIpc) is 2.18. The van der Waals surface area contributed by atoms with Crippen LogP contribution in [-0.2, 0) is 9.53 Å². The van der Waals surface area contributed by atoms with Crippen molar-refractivity contribution in [2.75, 3.05) is 7.11 Å². The predicted molar refractivity (Wildman–Crippen MR) is 52.7 cm³/mol. The standard InChI is InChI=1S/C11H20O2/c1-3-10(12)7-9-5-4-6-11(8-9)13-2/h9,11H,3-8H2,1-2H3. The van der Waals surface area contributed by atoms with Gasteiger partial charge in [0.2, 0.25) is 0 Å². The number of hydrogen-bond acceptors (Lipinski definition) is 2. The molecule has 0 saturated heterocycles. The molecule has 0 spiro atoms. The largest absolute Gasteiger partial charge is 0.381 e. The Morgan fingerprint density at radius 3 is 2.85 bits per heavy atom. The molecule has 0 radical (unpaired) electrons. The number of carbonyl (C=O) groups is 1. The molecule has 0 bridgehead atoms. The summed E-state index contributed by atoms with van der Waals surface area (Å²) >= 11 is 0. The summed E-state index contributed by atoms with van der Waals surface area (Å²) in [5.74, 6) is 0.993. The van der Waals surface area contributed by atoms with Crippen molar-refractivity contribution >= 4 is 5.78 Å². The Labute approximate surface area is 80.7 Å². The van der Waals surface area contributed by atoms with Gasteiger partial charge >= 0.3 is 0 Å². The lowest BCUT2D eigenvalue weighted by Crippen LogP contribution is -2.23. The Balaban J connectivity index is 2.29. The molecule has 0 aromatic heterocycles. The molecule has 0 amide bonds. The van der Waals surface area contributed by atoms with Crippen LogP contribution in [0.1, 0.15) is 45.4 Å². The molecule has 2 heteroatoms. The first kappa shape index (κ1) is 10.7. The highest BCUT2D eigenvalue weighted by atomic mass is 16.5. The smallest absolute Gasteiger partial charge is 0.132 e. The first-order chi connectivity index (χ1) is 6.26. The number of ether oxygens (including phenoxy) is 1. The predicted octanol–water partition coefficient (Wildman–Crippen LogP) is 2.56. The molecule has 0 aliphatic heterocycles. The second kappa shape index (κ2) is 5.38. The molecule has 0 heterocycles. The lowest BCUT2D eigenvalue weighted by molar-refractivity contribution is -0.120. The summed E-state index contributed by atoms with van der Waals surface area (Å²) in [5.41, 5.74) is 0. The second-order valence-electron chi connectivity index (χ2n) is 3.99. The Bertz CT molecular complexity index is 165. The van der Waals surface area contributed by atoms with E-state index < -0.39 is 0 Å². The van der Waals surface area contributed by atoms with Gasteiger partial charge in [0.25, 0.3) is 0 Å². The molecule has 1 saturated carbocycles. The van der Waals surface area contributed by atoms with E-state index in [-0.39, 0.29) is 0 Å². The van der Waals surface area contributed by atoms with Gasteiger partial charge in [-0.3, -0.25) is 4.79 Å². The highest BCUT2D eigenvalue weighted by molar-refractivity contribution is 5.78. The van der Waals surface area contributed by atoms with Crippen LogP contribution in [0.2, 0.25) is 0 Å². The first-order valence-electron chi connectivity index (χ1n) is 5.30. The van der Waals surface area contributed by atoms with E-state index in [1.54, 1.807) is 7.11 Å². The summed E-state index contributed by atoms with van der Waals surface area (Å²) < 4.78 is 5.33. The molecular formula is C11H20O2. The molecule has 2 nitrogen and oxygen atoms in total. The van der Waals surface area contributed by atoms with Gasteiger partial charge in [0.1, 0.15) is 5.78 Å². The van der Waals surface area contributed by atoms with Crippen molar-refractivity contribution in [2.45, 2.75) is 51.6 Å². The summed E-state index contributed by atoms with van der Waals surface area (Å²) in [4.78, 5) is 11.2. The van der Waals surface area contributed by atoms with Gasteiger partial charge in [-0.15, -0.1) is 0 Å². The van der Waals surface area contributed by atoms with E-state index in [1.165, 1.54) is 19.3 Å². The van der Waals surface area contributed by atoms with Crippen LogP contribution in [0.25, 0.3) is 0 Å². The van der Waals surface area contributed by atoms with Crippen LogP contribution < -0.4 is 0 Å². The fourth-order valence-electron chi connectivity index (χ4n) is 2.11. The normalized spacial score (nSPS) is 28.8. The Morgan fingerprint density at radius 2 is 2.23 bits per heavy atom. The molecule has 1 aliphatic carbocycles. The van der Waals surface area contributed by atoms with Crippen LogP contribution >= 0.6 is 0 Å². The van der Waals surface area contributed by atoms with Gasteiger partial charge in [0, 0.05) is 20.0 Å². The van der Waals surface area contributed by atoms with E-state index in [0.717, 1.165) is 12.8 Å². The van der Waals surface area contributed by atoms with Gasteiger partial charge in [0.05, 0.1) is 6.10 Å². The average molecular weight is 184 g/mol. The van der Waals surface area contributed by atoms with Crippen LogP contribution in [0, 0.1) is 5.92 Å². The van der Waals surface area contributed by atoms with E-state index in [1.807, 2.05) is 6.92 Å². The van der Waals surface area contributed by atoms with E-state index in [9.17, 15) is 4.79 Å². The first-order valence-corrected chi connectivity index (χ1v) is 5.30. The van der Waals surface area contributed by atoms with Crippen molar-refractivity contribution in [3.8, 4) is 0 Å². The Morgan fingerprint density at radius 1 is 1.46 bits per heavy atom. The van der Waals surface area contributed by atoms with Crippen molar-refractivity contribution in [3.05, 3.63) is 0 Å². The molecule has 76 valence electrons. The third-order valence-corrected chi connectivity index (χ3v) is 2.98. The van der Waals surface area contributed by atoms with Gasteiger partial charge in [-0.05, 0) is 25.2 Å². The van der Waals surface area contributed by atoms with Crippen molar-refractivity contribution in [3.63, 3.8) is 0 Å². The van der Waals surface area contributed by atoms with Crippen LogP contribution in [-0.4, -0.2) is 19.0 Å². The topological polar surface area (TPSA) is 26.3 Å². The van der Waals surface area contributed by atoms with Crippen molar-refractivity contribution in [1.29, 1.82) is 0 Å². The molecule has 0 N–H and O–H groups in total. The Hall–Kier alpha value is -0.370. The van der Waals surface area contributed by atoms with Crippen molar-refractivity contribution in [1.82, 2.24) is 0 Å². The number of Topliss-reactive ketones (excluding diaryl/α,β-unsaturated/α-hetero) is 1. The molecular weight excluding hydrogens is 164 g/mol. The van der Waals surface area contributed by atoms with Crippen LogP contribution in [0.15, 0.2) is 0 Å². The molecule has 0 aromatic rings. The molecule has 2 unspecified atom stereocenters. The summed E-state index contributed by atoms with van der Waals surface area (Å²) in [6, 6.07) is 0. The quantitative estimate of drug-likeness (QED) is 0.671. The summed E-state index contributed by atoms with van der Waals surface area (Å²) in [5, 5.41) is 0. The van der Waals surface area contributed by atoms with Crippen LogP contribution in [0.5, 0.6) is 0 Å². The monoisotopic (exact) mass is 184 g/mol. The summed E-state index contributed by atoms with van der Waals surface area (Å²) in [6.45, 7) is 1.94. The van der Waals surface area contributed by atoms with E-state index in [0.29, 0.717) is 24.2 Å². The van der Waals surface area contributed by atoms with Gasteiger partial charge < -0.3 is 4.74 Å². The zero-order valence-corrected chi connectivity index (χ0v) is 8.71. The highest BCUT2D eigenvalue weighted by Crippen LogP contribution is 2.28. The summed E-state index contributed by atoms with van der Waals surface area (Å²) in [6.07, 6.45) is 6.56. The lowest BCUT2D eigenvalue weighted by atomic mass is 9.84. The SMILES string of the molecule is CCC(=O)CC1CCCC(OC)C1. The van der Waals surface area contributed by atoms with Crippen molar-refractivity contribution < 1.29 is 9.53 Å². The number of methoxy groups -OCH3 is 1. The Kier molecular flexibility index (Phi) is 4.43. The fourth-order valence-corrected chi connectivity index (χ4v) is 2.11. The third kappa shape index (κ3) is 3.47. The molecule has 1 aliphatic rings. The zero-order valence-electron chi connectivity index (χ0n) is 8.71. The maximum absolute atomic E-state index is 11.2. The van der Waals surface area contributed by atoms with Crippen molar-refractivity contribution in [2.24, 2.45) is 5.92 Å². The highest BCUT2D eigenvalue weighted by Gasteiger charge is 2.22. The minimum absolute atomic E-state index is 0.404. The van der Waals surface area contributed by atoms with E-state index in [2.05, 4.69) is 0 Å². The van der Waals surface area contributed by atoms with E-state index >= 15 is 0 Å². The molecule has 1 rings (SSSR count). The molecule has 13 heavy (non-hydrogen) atoms. The maximum Gasteiger partial charge on any atom is 0.132 e. The molecule has 1 fully saturated rings. The number of ketones is 1. The minimum atomic E-state index is 0.404. The van der Waals surface area contributed by atoms with Crippen LogP contribution in [0.3, 0.4) is 0 Å². The zero-order chi connectivity index (χ0) is 9.68.